The smallest absolute Gasteiger partial charge is 0.132 e. The highest BCUT2D eigenvalue weighted by Crippen LogP contribution is 2.42. The van der Waals surface area contributed by atoms with Crippen LogP contribution in [0, 0.1) is 0 Å². The number of hydrogen-bond donors (Lipinski definition) is 2. The Morgan fingerprint density at radius 2 is 2.20 bits per heavy atom. The number of fused-ring (bicyclic) bond motifs is 1. The number of nitrogens with two attached hydrogens (primary N) is 1. The zero-order valence-corrected chi connectivity index (χ0v) is 9.01. The Kier molecular flexibility index (Phi) is 1.82. The van der Waals surface area contributed by atoms with E-state index in [0.717, 1.165) is 29.3 Å². The Morgan fingerprint density at radius 1 is 1.40 bits per heavy atom. The van der Waals surface area contributed by atoms with Crippen molar-refractivity contribution in [3.63, 3.8) is 0 Å². The van der Waals surface area contributed by atoms with E-state index in [4.69, 9.17) is 17.3 Å². The number of H-pyrrole nitrogens is 1. The molecule has 1 fully saturated rings. The van der Waals surface area contributed by atoms with E-state index >= 15 is 0 Å². The highest BCUT2D eigenvalue weighted by molar-refractivity contribution is 6.34. The van der Waals surface area contributed by atoms with E-state index in [1.54, 1.807) is 0 Å². The maximum atomic E-state index is 6.32. The van der Waals surface area contributed by atoms with Gasteiger partial charge in [0.25, 0.3) is 0 Å². The molecule has 15 heavy (non-hydrogen) atoms. The summed E-state index contributed by atoms with van der Waals surface area (Å²) in [5.74, 6) is 0. The summed E-state index contributed by atoms with van der Waals surface area (Å²) in [6.07, 6.45) is 3.27. The van der Waals surface area contributed by atoms with E-state index in [2.05, 4.69) is 16.3 Å². The number of aromatic nitrogens is 2. The van der Waals surface area contributed by atoms with Gasteiger partial charge in [-0.25, -0.2) is 0 Å². The van der Waals surface area contributed by atoms with Gasteiger partial charge in [-0.3, -0.25) is 5.10 Å². The van der Waals surface area contributed by atoms with Crippen LogP contribution in [0.1, 0.15) is 24.8 Å². The molecule has 0 spiro atoms. The summed E-state index contributed by atoms with van der Waals surface area (Å²) in [6, 6.07) is 5.99. The van der Waals surface area contributed by atoms with Gasteiger partial charge in [-0.2, -0.15) is 5.10 Å². The molecule has 3 N–H and O–H groups in total. The lowest BCUT2D eigenvalue weighted by Gasteiger charge is -2.39. The SMILES string of the molecule is NC1(c2cccc3n[nH]c(Cl)c23)CCC1. The zero-order chi connectivity index (χ0) is 10.5. The lowest BCUT2D eigenvalue weighted by Crippen LogP contribution is -2.43. The summed E-state index contributed by atoms with van der Waals surface area (Å²) in [6.45, 7) is 0. The number of rotatable bonds is 1. The Balaban J connectivity index is 2.29. The van der Waals surface area contributed by atoms with Crippen molar-refractivity contribution >= 4 is 22.5 Å². The molecular weight excluding hydrogens is 210 g/mol. The van der Waals surface area contributed by atoms with Gasteiger partial charge in [0.2, 0.25) is 0 Å². The van der Waals surface area contributed by atoms with E-state index in [-0.39, 0.29) is 5.54 Å². The number of benzene rings is 1. The summed E-state index contributed by atoms with van der Waals surface area (Å²) in [5, 5.41) is 8.52. The quantitative estimate of drug-likeness (QED) is 0.778. The lowest BCUT2D eigenvalue weighted by molar-refractivity contribution is 0.256. The second-order valence-electron chi connectivity index (χ2n) is 4.25. The number of hydrogen-bond acceptors (Lipinski definition) is 2. The fraction of sp³-hybridized carbons (Fsp3) is 0.364. The summed E-state index contributed by atoms with van der Waals surface area (Å²) in [5.41, 5.74) is 8.16. The highest BCUT2D eigenvalue weighted by atomic mass is 35.5. The normalized spacial score (nSPS) is 19.1. The van der Waals surface area contributed by atoms with Crippen LogP contribution >= 0.6 is 11.6 Å². The Hall–Kier alpha value is -1.06. The van der Waals surface area contributed by atoms with Crippen LogP contribution < -0.4 is 5.73 Å². The number of halogens is 1. The lowest BCUT2D eigenvalue weighted by atomic mass is 9.72. The van der Waals surface area contributed by atoms with Gasteiger partial charge >= 0.3 is 0 Å². The fourth-order valence-electron chi connectivity index (χ4n) is 2.27. The highest BCUT2D eigenvalue weighted by Gasteiger charge is 2.36. The first-order chi connectivity index (χ1) is 7.21. The Labute approximate surface area is 92.6 Å². The van der Waals surface area contributed by atoms with E-state index in [0.29, 0.717) is 5.15 Å². The van der Waals surface area contributed by atoms with Crippen LogP contribution in [-0.2, 0) is 5.54 Å². The van der Waals surface area contributed by atoms with Crippen LogP contribution in [0.25, 0.3) is 10.9 Å². The van der Waals surface area contributed by atoms with Gasteiger partial charge in [0.05, 0.1) is 5.52 Å². The first kappa shape index (κ1) is 9.19. The van der Waals surface area contributed by atoms with Crippen LogP contribution in [0.3, 0.4) is 0 Å². The standard InChI is InChI=1S/C11H12ClN3/c12-10-9-7(11(13)5-2-6-11)3-1-4-8(9)14-15-10/h1,3-4H,2,5-6,13H2,(H,14,15). The van der Waals surface area contributed by atoms with Gasteiger partial charge in [0.1, 0.15) is 5.15 Å². The molecule has 0 atom stereocenters. The molecule has 1 aliphatic carbocycles. The number of aromatic amines is 1. The first-order valence-corrected chi connectivity index (χ1v) is 5.50. The molecule has 0 amide bonds. The van der Waals surface area contributed by atoms with Gasteiger partial charge in [-0.1, -0.05) is 23.7 Å². The maximum Gasteiger partial charge on any atom is 0.132 e. The third-order valence-corrected chi connectivity index (χ3v) is 3.59. The van der Waals surface area contributed by atoms with Gasteiger partial charge in [0.15, 0.2) is 0 Å². The zero-order valence-electron chi connectivity index (χ0n) is 8.26. The van der Waals surface area contributed by atoms with Gasteiger partial charge < -0.3 is 5.73 Å². The van der Waals surface area contributed by atoms with Gasteiger partial charge in [0, 0.05) is 10.9 Å². The third kappa shape index (κ3) is 1.20. The van der Waals surface area contributed by atoms with Gasteiger partial charge in [-0.15, -0.1) is 0 Å². The molecule has 3 nitrogen and oxygen atoms in total. The monoisotopic (exact) mass is 221 g/mol. The molecule has 1 saturated carbocycles. The van der Waals surface area contributed by atoms with Crippen molar-refractivity contribution in [1.29, 1.82) is 0 Å². The molecule has 1 aromatic heterocycles. The average Bonchev–Trinajstić information content (AvgIpc) is 2.57. The molecule has 2 aromatic rings. The number of nitrogens with one attached hydrogen (secondary N) is 1. The summed E-state index contributed by atoms with van der Waals surface area (Å²) in [7, 11) is 0. The minimum atomic E-state index is -0.187. The van der Waals surface area contributed by atoms with Crippen molar-refractivity contribution in [2.24, 2.45) is 5.73 Å². The van der Waals surface area contributed by atoms with E-state index < -0.39 is 0 Å². The Bertz CT molecular complexity index is 514. The molecular formula is C11H12ClN3. The molecule has 4 heteroatoms. The van der Waals surface area contributed by atoms with Crippen molar-refractivity contribution in [2.45, 2.75) is 24.8 Å². The molecule has 1 heterocycles. The van der Waals surface area contributed by atoms with Crippen molar-refractivity contribution < 1.29 is 0 Å². The van der Waals surface area contributed by atoms with E-state index in [1.807, 2.05) is 12.1 Å². The van der Waals surface area contributed by atoms with Crippen LogP contribution in [0.5, 0.6) is 0 Å². The molecule has 78 valence electrons. The molecule has 1 aliphatic rings. The minimum absolute atomic E-state index is 0.187. The topological polar surface area (TPSA) is 54.7 Å². The largest absolute Gasteiger partial charge is 0.321 e. The minimum Gasteiger partial charge on any atom is -0.321 e. The van der Waals surface area contributed by atoms with E-state index in [1.165, 1.54) is 6.42 Å². The second-order valence-corrected chi connectivity index (χ2v) is 4.62. The van der Waals surface area contributed by atoms with Crippen LogP contribution in [-0.4, -0.2) is 10.2 Å². The predicted molar refractivity (Wildman–Crippen MR) is 60.8 cm³/mol. The average molecular weight is 222 g/mol. The summed E-state index contributed by atoms with van der Waals surface area (Å²) in [4.78, 5) is 0. The molecule has 3 rings (SSSR count). The van der Waals surface area contributed by atoms with Crippen LogP contribution in [0.4, 0.5) is 0 Å². The third-order valence-electron chi connectivity index (χ3n) is 3.32. The van der Waals surface area contributed by atoms with E-state index in [9.17, 15) is 0 Å². The van der Waals surface area contributed by atoms with Gasteiger partial charge in [-0.05, 0) is 30.9 Å². The van der Waals surface area contributed by atoms with Crippen LogP contribution in [0.2, 0.25) is 5.15 Å². The number of nitrogens with zero attached hydrogens (tertiary/aromatic N) is 1. The fourth-order valence-corrected chi connectivity index (χ4v) is 2.51. The maximum absolute atomic E-state index is 6.32. The van der Waals surface area contributed by atoms with Crippen molar-refractivity contribution in [3.05, 3.63) is 28.9 Å². The molecule has 0 bridgehead atoms. The second kappa shape index (κ2) is 2.97. The van der Waals surface area contributed by atoms with Crippen LogP contribution in [0.15, 0.2) is 18.2 Å². The summed E-state index contributed by atoms with van der Waals surface area (Å²) < 4.78 is 0. The van der Waals surface area contributed by atoms with Crippen molar-refractivity contribution in [1.82, 2.24) is 10.2 Å². The molecule has 0 aliphatic heterocycles. The Morgan fingerprint density at radius 3 is 2.87 bits per heavy atom. The molecule has 0 unspecified atom stereocenters. The molecule has 1 aromatic carbocycles. The first-order valence-electron chi connectivity index (χ1n) is 5.13. The van der Waals surface area contributed by atoms with Crippen molar-refractivity contribution in [3.8, 4) is 0 Å². The molecule has 0 saturated heterocycles. The molecule has 0 radical (unpaired) electrons. The predicted octanol–water partition coefficient (Wildman–Crippen LogP) is 2.55. The van der Waals surface area contributed by atoms with Crippen molar-refractivity contribution in [2.75, 3.05) is 0 Å². The summed E-state index contributed by atoms with van der Waals surface area (Å²) >= 11 is 6.09.